The molecule has 0 aromatic rings. The Morgan fingerprint density at radius 1 is 1.12 bits per heavy atom. The Balaban J connectivity index is 2.30. The third-order valence-corrected chi connectivity index (χ3v) is 4.08. The van der Waals surface area contributed by atoms with Gasteiger partial charge in [-0.3, -0.25) is 0 Å². The van der Waals surface area contributed by atoms with E-state index in [2.05, 4.69) is 26.1 Å². The Labute approximate surface area is 102 Å². The Morgan fingerprint density at radius 2 is 1.94 bits per heavy atom. The maximum atomic E-state index is 3.79. The van der Waals surface area contributed by atoms with Crippen LogP contribution in [0.4, 0.5) is 0 Å². The molecule has 16 heavy (non-hydrogen) atoms. The van der Waals surface area contributed by atoms with Gasteiger partial charge in [0.15, 0.2) is 0 Å². The molecule has 1 fully saturated rings. The van der Waals surface area contributed by atoms with Crippen molar-refractivity contribution in [3.05, 3.63) is 0 Å². The first-order chi connectivity index (χ1) is 7.77. The number of unbranched alkanes of at least 4 members (excludes halogenated alkanes) is 2. The van der Waals surface area contributed by atoms with E-state index < -0.39 is 0 Å². The minimum Gasteiger partial charge on any atom is -0.314 e. The van der Waals surface area contributed by atoms with E-state index in [1.54, 1.807) is 0 Å². The molecule has 1 heteroatoms. The smallest absolute Gasteiger partial charge is 0.00954 e. The monoisotopic (exact) mass is 225 g/mol. The highest BCUT2D eigenvalue weighted by molar-refractivity contribution is 4.83. The molecule has 0 saturated heterocycles. The van der Waals surface area contributed by atoms with Crippen LogP contribution in [0.15, 0.2) is 0 Å². The summed E-state index contributed by atoms with van der Waals surface area (Å²) in [5.41, 5.74) is 0. The fourth-order valence-corrected chi connectivity index (χ4v) is 3.06. The Hall–Kier alpha value is -0.0400. The van der Waals surface area contributed by atoms with Gasteiger partial charge in [-0.25, -0.2) is 0 Å². The first-order valence-corrected chi connectivity index (χ1v) is 7.51. The van der Waals surface area contributed by atoms with Gasteiger partial charge < -0.3 is 5.32 Å². The lowest BCUT2D eigenvalue weighted by Crippen LogP contribution is -2.35. The number of hydrogen-bond donors (Lipinski definition) is 1. The van der Waals surface area contributed by atoms with Crippen LogP contribution in [-0.2, 0) is 0 Å². The maximum absolute atomic E-state index is 3.79. The van der Waals surface area contributed by atoms with Crippen LogP contribution in [-0.4, -0.2) is 12.6 Å². The average molecular weight is 225 g/mol. The molecule has 1 rings (SSSR count). The first kappa shape index (κ1) is 14.0. The van der Waals surface area contributed by atoms with Gasteiger partial charge in [0.25, 0.3) is 0 Å². The van der Waals surface area contributed by atoms with E-state index in [1.165, 1.54) is 57.9 Å². The molecule has 1 aliphatic carbocycles. The summed E-state index contributed by atoms with van der Waals surface area (Å²) in [6, 6.07) is 0.816. The predicted octanol–water partition coefficient (Wildman–Crippen LogP) is 4.37. The summed E-state index contributed by atoms with van der Waals surface area (Å²) in [5.74, 6) is 1.94. The van der Waals surface area contributed by atoms with Crippen LogP contribution in [0.5, 0.6) is 0 Å². The van der Waals surface area contributed by atoms with Gasteiger partial charge in [0.2, 0.25) is 0 Å². The van der Waals surface area contributed by atoms with E-state index in [-0.39, 0.29) is 0 Å². The average Bonchev–Trinajstić information content (AvgIpc) is 2.70. The van der Waals surface area contributed by atoms with Crippen molar-refractivity contribution < 1.29 is 0 Å². The lowest BCUT2D eigenvalue weighted by molar-refractivity contribution is 0.325. The zero-order valence-electron chi connectivity index (χ0n) is 11.6. The quantitative estimate of drug-likeness (QED) is 0.605. The molecule has 0 radical (unpaired) electrons. The lowest BCUT2D eigenvalue weighted by Gasteiger charge is -2.25. The van der Waals surface area contributed by atoms with Crippen LogP contribution in [0, 0.1) is 11.8 Å². The molecule has 0 aromatic heterocycles. The van der Waals surface area contributed by atoms with Gasteiger partial charge in [-0.15, -0.1) is 0 Å². The van der Waals surface area contributed by atoms with Gasteiger partial charge in [0.05, 0.1) is 0 Å². The fourth-order valence-electron chi connectivity index (χ4n) is 3.06. The molecule has 0 heterocycles. The molecule has 0 spiro atoms. The van der Waals surface area contributed by atoms with Gasteiger partial charge in [0, 0.05) is 6.04 Å². The third-order valence-electron chi connectivity index (χ3n) is 4.08. The highest BCUT2D eigenvalue weighted by Crippen LogP contribution is 2.34. The van der Waals surface area contributed by atoms with Crippen LogP contribution in [0.3, 0.4) is 0 Å². The van der Waals surface area contributed by atoms with Crippen molar-refractivity contribution in [3.63, 3.8) is 0 Å². The maximum Gasteiger partial charge on any atom is 0.00954 e. The summed E-state index contributed by atoms with van der Waals surface area (Å²) in [6.07, 6.45) is 11.2. The van der Waals surface area contributed by atoms with Crippen molar-refractivity contribution in [1.82, 2.24) is 5.32 Å². The van der Waals surface area contributed by atoms with Crippen molar-refractivity contribution in [1.29, 1.82) is 0 Å². The molecular formula is C15H31N. The van der Waals surface area contributed by atoms with Crippen molar-refractivity contribution in [2.45, 2.75) is 78.2 Å². The minimum absolute atomic E-state index is 0.816. The second kappa shape index (κ2) is 8.11. The number of nitrogens with one attached hydrogen (secondary N) is 1. The zero-order valence-corrected chi connectivity index (χ0v) is 11.6. The third kappa shape index (κ3) is 4.86. The Morgan fingerprint density at radius 3 is 2.50 bits per heavy atom. The minimum atomic E-state index is 0.816. The molecule has 0 amide bonds. The van der Waals surface area contributed by atoms with E-state index in [0.717, 1.165) is 17.9 Å². The van der Waals surface area contributed by atoms with Crippen molar-refractivity contribution in [2.75, 3.05) is 6.54 Å². The molecule has 0 aliphatic heterocycles. The highest BCUT2D eigenvalue weighted by atomic mass is 14.9. The van der Waals surface area contributed by atoms with Crippen molar-refractivity contribution >= 4 is 0 Å². The van der Waals surface area contributed by atoms with E-state index in [1.807, 2.05) is 0 Å². The molecule has 1 aliphatic rings. The molecule has 96 valence electrons. The molecule has 0 aromatic carbocycles. The SMILES string of the molecule is CCCCCC(NCCC)C1CCC(C)C1. The summed E-state index contributed by atoms with van der Waals surface area (Å²) in [6.45, 7) is 8.20. The van der Waals surface area contributed by atoms with Crippen molar-refractivity contribution in [2.24, 2.45) is 11.8 Å². The Bertz CT molecular complexity index is 167. The molecule has 1 saturated carbocycles. The van der Waals surface area contributed by atoms with Crippen LogP contribution >= 0.6 is 0 Å². The Kier molecular flexibility index (Phi) is 7.11. The summed E-state index contributed by atoms with van der Waals surface area (Å²) in [7, 11) is 0. The van der Waals surface area contributed by atoms with Crippen LogP contribution in [0.25, 0.3) is 0 Å². The largest absolute Gasteiger partial charge is 0.314 e. The van der Waals surface area contributed by atoms with Gasteiger partial charge >= 0.3 is 0 Å². The predicted molar refractivity (Wildman–Crippen MR) is 72.7 cm³/mol. The fraction of sp³-hybridized carbons (Fsp3) is 1.00. The second-order valence-electron chi connectivity index (χ2n) is 5.73. The summed E-state index contributed by atoms with van der Waals surface area (Å²) >= 11 is 0. The molecule has 1 nitrogen and oxygen atoms in total. The molecule has 3 atom stereocenters. The van der Waals surface area contributed by atoms with Gasteiger partial charge in [-0.05, 0) is 44.1 Å². The topological polar surface area (TPSA) is 12.0 Å². The van der Waals surface area contributed by atoms with E-state index in [9.17, 15) is 0 Å². The first-order valence-electron chi connectivity index (χ1n) is 7.51. The zero-order chi connectivity index (χ0) is 11.8. The van der Waals surface area contributed by atoms with E-state index in [4.69, 9.17) is 0 Å². The highest BCUT2D eigenvalue weighted by Gasteiger charge is 2.27. The number of rotatable bonds is 8. The van der Waals surface area contributed by atoms with Gasteiger partial charge in [-0.2, -0.15) is 0 Å². The number of hydrogen-bond acceptors (Lipinski definition) is 1. The molecule has 0 bridgehead atoms. The van der Waals surface area contributed by atoms with Crippen molar-refractivity contribution in [3.8, 4) is 0 Å². The van der Waals surface area contributed by atoms with Crippen LogP contribution < -0.4 is 5.32 Å². The van der Waals surface area contributed by atoms with E-state index in [0.29, 0.717) is 0 Å². The standard InChI is InChI=1S/C15H31N/c1-4-6-7-8-15(16-11-5-2)14-10-9-13(3)12-14/h13-16H,4-12H2,1-3H3. The molecule has 3 unspecified atom stereocenters. The summed E-state index contributed by atoms with van der Waals surface area (Å²) in [5, 5.41) is 3.79. The van der Waals surface area contributed by atoms with Crippen LogP contribution in [0.2, 0.25) is 0 Å². The van der Waals surface area contributed by atoms with Gasteiger partial charge in [0.1, 0.15) is 0 Å². The molecular weight excluding hydrogens is 194 g/mol. The van der Waals surface area contributed by atoms with Gasteiger partial charge in [-0.1, -0.05) is 46.5 Å². The molecule has 1 N–H and O–H groups in total. The second-order valence-corrected chi connectivity index (χ2v) is 5.73. The lowest BCUT2D eigenvalue weighted by atomic mass is 9.92. The summed E-state index contributed by atoms with van der Waals surface area (Å²) in [4.78, 5) is 0. The summed E-state index contributed by atoms with van der Waals surface area (Å²) < 4.78 is 0. The van der Waals surface area contributed by atoms with Crippen LogP contribution in [0.1, 0.15) is 72.1 Å². The van der Waals surface area contributed by atoms with E-state index >= 15 is 0 Å². The normalized spacial score (nSPS) is 27.2.